The predicted molar refractivity (Wildman–Crippen MR) is 87.9 cm³/mol. The molecule has 0 bridgehead atoms. The number of rotatable bonds is 5. The van der Waals surface area contributed by atoms with Crippen LogP contribution in [0.25, 0.3) is 5.78 Å². The highest BCUT2D eigenvalue weighted by molar-refractivity contribution is 5.76. The zero-order chi connectivity index (χ0) is 16.6. The number of nitrogens with one attached hydrogen (secondary N) is 1. The molecule has 1 saturated carbocycles. The molecule has 1 amide bonds. The van der Waals surface area contributed by atoms with Gasteiger partial charge in [0.2, 0.25) is 11.9 Å². The van der Waals surface area contributed by atoms with E-state index in [0.29, 0.717) is 24.5 Å². The predicted octanol–water partition coefficient (Wildman–Crippen LogP) is 1.56. The number of fused-ring (bicyclic) bond motifs is 1. The number of amides is 1. The summed E-state index contributed by atoms with van der Waals surface area (Å²) in [6.45, 7) is 5.99. The molecule has 7 nitrogen and oxygen atoms in total. The van der Waals surface area contributed by atoms with Crippen LogP contribution >= 0.6 is 0 Å². The average Bonchev–Trinajstić information content (AvgIpc) is 2.76. The monoisotopic (exact) mass is 316 g/mol. The van der Waals surface area contributed by atoms with Gasteiger partial charge in [-0.15, -0.1) is 5.10 Å². The van der Waals surface area contributed by atoms with Gasteiger partial charge in [-0.05, 0) is 51.5 Å². The van der Waals surface area contributed by atoms with Gasteiger partial charge in [-0.3, -0.25) is 4.79 Å². The highest BCUT2D eigenvalue weighted by Gasteiger charge is 2.25. The van der Waals surface area contributed by atoms with Crippen molar-refractivity contribution >= 4 is 17.6 Å². The van der Waals surface area contributed by atoms with Gasteiger partial charge < -0.3 is 11.1 Å². The molecule has 124 valence electrons. The summed E-state index contributed by atoms with van der Waals surface area (Å²) in [5.74, 6) is 1.47. The minimum absolute atomic E-state index is 0.0985. The number of aryl methyl sites for hydroxylation is 2. The molecular weight excluding hydrogens is 292 g/mol. The van der Waals surface area contributed by atoms with Crippen molar-refractivity contribution in [2.45, 2.75) is 58.9 Å². The fraction of sp³-hybridized carbons (Fsp3) is 0.625. The molecule has 7 heteroatoms. The van der Waals surface area contributed by atoms with Crippen molar-refractivity contribution in [3.8, 4) is 0 Å². The van der Waals surface area contributed by atoms with Gasteiger partial charge in [0.1, 0.15) is 0 Å². The normalized spacial score (nSPS) is 16.3. The zero-order valence-corrected chi connectivity index (χ0v) is 14.0. The van der Waals surface area contributed by atoms with Gasteiger partial charge in [-0.25, -0.2) is 4.98 Å². The van der Waals surface area contributed by atoms with E-state index in [1.54, 1.807) is 4.52 Å². The summed E-state index contributed by atoms with van der Waals surface area (Å²) < 4.78 is 1.65. The van der Waals surface area contributed by atoms with Crippen LogP contribution in [0, 0.1) is 19.8 Å². The Kier molecular flexibility index (Phi) is 4.19. The number of anilines is 1. The fourth-order valence-electron chi connectivity index (χ4n) is 3.21. The van der Waals surface area contributed by atoms with Gasteiger partial charge in [0.05, 0.1) is 0 Å². The zero-order valence-electron chi connectivity index (χ0n) is 14.0. The minimum Gasteiger partial charge on any atom is -0.366 e. The van der Waals surface area contributed by atoms with E-state index in [1.165, 1.54) is 19.3 Å². The summed E-state index contributed by atoms with van der Waals surface area (Å²) in [6, 6.07) is 0.272. The van der Waals surface area contributed by atoms with E-state index < -0.39 is 0 Å². The van der Waals surface area contributed by atoms with Gasteiger partial charge in [0.25, 0.3) is 5.78 Å². The van der Waals surface area contributed by atoms with Crippen molar-refractivity contribution < 1.29 is 4.79 Å². The summed E-state index contributed by atoms with van der Waals surface area (Å²) in [5.41, 5.74) is 8.49. The Morgan fingerprint density at radius 3 is 2.78 bits per heavy atom. The van der Waals surface area contributed by atoms with Crippen molar-refractivity contribution in [1.82, 2.24) is 24.9 Å². The number of carbonyl (C=O) groups excluding carboxylic acids is 1. The number of hydrogen-bond donors (Lipinski definition) is 2. The molecule has 3 N–H and O–H groups in total. The smallest absolute Gasteiger partial charge is 0.254 e. The largest absolute Gasteiger partial charge is 0.366 e. The van der Waals surface area contributed by atoms with E-state index in [2.05, 4.69) is 27.3 Å². The summed E-state index contributed by atoms with van der Waals surface area (Å²) in [7, 11) is 0. The van der Waals surface area contributed by atoms with E-state index in [1.807, 2.05) is 13.8 Å². The van der Waals surface area contributed by atoms with Crippen LogP contribution in [-0.2, 0) is 11.2 Å². The van der Waals surface area contributed by atoms with Crippen molar-refractivity contribution in [1.29, 1.82) is 0 Å². The quantitative estimate of drug-likeness (QED) is 0.872. The van der Waals surface area contributed by atoms with Gasteiger partial charge in [-0.2, -0.15) is 9.50 Å². The Labute approximate surface area is 135 Å². The number of hydrogen-bond acceptors (Lipinski definition) is 5. The van der Waals surface area contributed by atoms with E-state index in [4.69, 9.17) is 5.73 Å². The highest BCUT2D eigenvalue weighted by Crippen LogP contribution is 2.29. The second-order valence-corrected chi connectivity index (χ2v) is 6.49. The topological polar surface area (TPSA) is 98.2 Å². The third-order valence-electron chi connectivity index (χ3n) is 4.91. The molecule has 0 saturated heterocycles. The van der Waals surface area contributed by atoms with Crippen molar-refractivity contribution in [2.24, 2.45) is 5.92 Å². The molecule has 1 fully saturated rings. The van der Waals surface area contributed by atoms with Gasteiger partial charge in [0.15, 0.2) is 0 Å². The summed E-state index contributed by atoms with van der Waals surface area (Å²) >= 11 is 0. The molecule has 2 aromatic rings. The number of nitrogens with zero attached hydrogens (tertiary/aromatic N) is 4. The lowest BCUT2D eigenvalue weighted by atomic mass is 9.80. The first-order valence-electron chi connectivity index (χ1n) is 8.23. The number of nitrogens with two attached hydrogens (primary N) is 1. The minimum atomic E-state index is 0.0985. The van der Waals surface area contributed by atoms with Crippen LogP contribution in [0.15, 0.2) is 0 Å². The van der Waals surface area contributed by atoms with Crippen LogP contribution in [0.1, 0.15) is 49.6 Å². The first kappa shape index (κ1) is 15.7. The second kappa shape index (κ2) is 6.14. The molecule has 3 rings (SSSR count). The Bertz CT molecular complexity index is 734. The molecule has 0 aromatic carbocycles. The molecule has 2 aromatic heterocycles. The molecule has 1 aliphatic carbocycles. The first-order chi connectivity index (χ1) is 11.0. The Hall–Kier alpha value is -2.18. The van der Waals surface area contributed by atoms with Crippen molar-refractivity contribution in [2.75, 3.05) is 5.73 Å². The maximum atomic E-state index is 12.2. The first-order valence-corrected chi connectivity index (χ1v) is 8.23. The summed E-state index contributed by atoms with van der Waals surface area (Å²) in [4.78, 5) is 20.7. The van der Waals surface area contributed by atoms with Gasteiger partial charge in [0, 0.05) is 23.9 Å². The molecule has 2 heterocycles. The third kappa shape index (κ3) is 3.13. The van der Waals surface area contributed by atoms with Gasteiger partial charge >= 0.3 is 0 Å². The molecule has 0 aliphatic heterocycles. The SMILES string of the molecule is Cc1nc2nc(N)nn2c(C)c1CCC(=O)N[C@@H](C)C1CCC1. The maximum Gasteiger partial charge on any atom is 0.254 e. The Morgan fingerprint density at radius 2 is 2.13 bits per heavy atom. The van der Waals surface area contributed by atoms with Gasteiger partial charge in [-0.1, -0.05) is 6.42 Å². The standard InChI is InChI=1S/C16H24N6O/c1-9(12-5-4-6-12)18-14(23)8-7-13-10(2)19-16-20-15(17)21-22(16)11(13)3/h9,12H,4-8H2,1-3H3,(H2,17,21)(H,18,23)/t9-/m0/s1. The Morgan fingerprint density at radius 1 is 1.39 bits per heavy atom. The Balaban J connectivity index is 1.67. The fourth-order valence-corrected chi connectivity index (χ4v) is 3.21. The average molecular weight is 316 g/mol. The second-order valence-electron chi connectivity index (χ2n) is 6.49. The highest BCUT2D eigenvalue weighted by atomic mass is 16.1. The lowest BCUT2D eigenvalue weighted by Gasteiger charge is -2.31. The van der Waals surface area contributed by atoms with Crippen LogP contribution in [0.3, 0.4) is 0 Å². The van der Waals surface area contributed by atoms with Crippen LogP contribution < -0.4 is 11.1 Å². The molecule has 1 aliphatic rings. The molecule has 0 spiro atoms. The van der Waals surface area contributed by atoms with E-state index in [9.17, 15) is 4.79 Å². The van der Waals surface area contributed by atoms with Crippen LogP contribution in [-0.4, -0.2) is 31.5 Å². The van der Waals surface area contributed by atoms with Crippen LogP contribution in [0.5, 0.6) is 0 Å². The number of nitrogen functional groups attached to an aromatic ring is 1. The number of aromatic nitrogens is 4. The molecular formula is C16H24N6O. The van der Waals surface area contributed by atoms with E-state index in [0.717, 1.165) is 17.0 Å². The van der Waals surface area contributed by atoms with Crippen LogP contribution in [0.2, 0.25) is 0 Å². The molecule has 0 unspecified atom stereocenters. The van der Waals surface area contributed by atoms with E-state index in [-0.39, 0.29) is 17.9 Å². The molecule has 0 radical (unpaired) electrons. The third-order valence-corrected chi connectivity index (χ3v) is 4.91. The van der Waals surface area contributed by atoms with Crippen LogP contribution in [0.4, 0.5) is 5.95 Å². The maximum absolute atomic E-state index is 12.2. The number of carbonyl (C=O) groups is 1. The lowest BCUT2D eigenvalue weighted by molar-refractivity contribution is -0.122. The summed E-state index contributed by atoms with van der Waals surface area (Å²) in [5, 5.41) is 7.27. The molecule has 1 atom stereocenters. The van der Waals surface area contributed by atoms with Crippen molar-refractivity contribution in [3.63, 3.8) is 0 Å². The lowest BCUT2D eigenvalue weighted by Crippen LogP contribution is -2.40. The molecule has 23 heavy (non-hydrogen) atoms. The summed E-state index contributed by atoms with van der Waals surface area (Å²) in [6.07, 6.45) is 4.84. The van der Waals surface area contributed by atoms with Crippen molar-refractivity contribution in [3.05, 3.63) is 17.0 Å². The van der Waals surface area contributed by atoms with E-state index >= 15 is 0 Å².